The van der Waals surface area contributed by atoms with Crippen molar-refractivity contribution in [3.8, 4) is 11.5 Å². The molecule has 7 nitrogen and oxygen atoms in total. The van der Waals surface area contributed by atoms with Crippen molar-refractivity contribution in [3.63, 3.8) is 0 Å². The predicted octanol–water partition coefficient (Wildman–Crippen LogP) is 6.79. The highest BCUT2D eigenvalue weighted by molar-refractivity contribution is 5.72. The molecule has 40 heavy (non-hydrogen) atoms. The van der Waals surface area contributed by atoms with Crippen molar-refractivity contribution in [1.82, 2.24) is 19.5 Å². The molecule has 0 radical (unpaired) electrons. The largest absolute Gasteiger partial charge is 0.573 e. The Hall–Kier alpha value is -4.38. The fraction of sp³-hybridized carbons (Fsp3) is 0.227. The van der Waals surface area contributed by atoms with Gasteiger partial charge in [0.25, 0.3) is 0 Å². The highest BCUT2D eigenvalue weighted by atomic mass is 19.4. The zero-order chi connectivity index (χ0) is 29.6. The molecule has 2 aromatic heterocycles. The molecule has 0 amide bonds. The third kappa shape index (κ3) is 6.60. The molecule has 0 atom stereocenters. The number of rotatable bonds is 6. The highest BCUT2D eigenvalue weighted by Gasteiger charge is 2.38. The Morgan fingerprint density at radius 2 is 1.35 bits per heavy atom. The molecule has 214 valence electrons. The number of anilines is 2. The van der Waals surface area contributed by atoms with Crippen LogP contribution < -0.4 is 14.8 Å². The minimum absolute atomic E-state index is 0.0259. The van der Waals surface area contributed by atoms with Gasteiger partial charge in [0.2, 0.25) is 5.82 Å². The minimum Gasteiger partial charge on any atom is -0.403 e. The molecule has 0 saturated heterocycles. The molecule has 0 bridgehead atoms. The number of alkyl halides is 9. The molecule has 2 heterocycles. The van der Waals surface area contributed by atoms with E-state index < -0.39 is 59.9 Å². The number of halogens is 11. The summed E-state index contributed by atoms with van der Waals surface area (Å²) in [6, 6.07) is 4.46. The van der Waals surface area contributed by atoms with Gasteiger partial charge in [0.1, 0.15) is 0 Å². The van der Waals surface area contributed by atoms with E-state index in [2.05, 4.69) is 29.7 Å². The van der Waals surface area contributed by atoms with Gasteiger partial charge in [0.05, 0.1) is 5.69 Å². The molecule has 0 aliphatic heterocycles. The Bertz CT molecular complexity index is 1560. The zero-order valence-corrected chi connectivity index (χ0v) is 19.4. The fourth-order valence-corrected chi connectivity index (χ4v) is 3.48. The van der Waals surface area contributed by atoms with E-state index >= 15 is 0 Å². The Morgan fingerprint density at radius 3 is 1.88 bits per heavy atom. The van der Waals surface area contributed by atoms with E-state index in [0.29, 0.717) is 28.8 Å². The molecule has 0 saturated carbocycles. The summed E-state index contributed by atoms with van der Waals surface area (Å²) in [6.45, 7) is 0. The first-order valence-corrected chi connectivity index (χ1v) is 10.6. The second-order valence-corrected chi connectivity index (χ2v) is 7.97. The first kappa shape index (κ1) is 28.6. The number of benzene rings is 2. The number of ether oxygens (including phenoxy) is 2. The van der Waals surface area contributed by atoms with Crippen molar-refractivity contribution < 1.29 is 57.8 Å². The predicted molar refractivity (Wildman–Crippen MR) is 114 cm³/mol. The van der Waals surface area contributed by atoms with Crippen LogP contribution >= 0.6 is 0 Å². The number of hydrogen-bond donors (Lipinski definition) is 1. The van der Waals surface area contributed by atoms with E-state index in [1.165, 1.54) is 0 Å². The van der Waals surface area contributed by atoms with Crippen LogP contribution in [-0.4, -0.2) is 32.2 Å². The normalized spacial score (nSPS) is 12.6. The third-order valence-electron chi connectivity index (χ3n) is 5.05. The van der Waals surface area contributed by atoms with Gasteiger partial charge < -0.3 is 19.4 Å². The van der Waals surface area contributed by atoms with Crippen molar-refractivity contribution in [2.45, 2.75) is 25.3 Å². The topological polar surface area (TPSA) is 74.1 Å². The zero-order valence-electron chi connectivity index (χ0n) is 19.4. The minimum atomic E-state index is -5.19. The van der Waals surface area contributed by atoms with Crippen LogP contribution in [0.2, 0.25) is 0 Å². The van der Waals surface area contributed by atoms with E-state index in [1.54, 1.807) is 0 Å². The summed E-state index contributed by atoms with van der Waals surface area (Å²) in [5, 5.41) is 2.49. The van der Waals surface area contributed by atoms with E-state index in [1.807, 2.05) is 0 Å². The summed E-state index contributed by atoms with van der Waals surface area (Å²) in [7, 11) is 0.988. The lowest BCUT2D eigenvalue weighted by Crippen LogP contribution is -2.18. The average molecular weight is 587 g/mol. The SMILES string of the molecule is Cn1c(C(F)(F)F)nc2nc(Nc3ccc(OC(F)(F)F)c(F)c3)c(Cc3ccc(OC(F)(F)F)c(F)c3)nc21. The molecule has 0 spiro atoms. The molecule has 2 aromatic carbocycles. The van der Waals surface area contributed by atoms with Gasteiger partial charge in [-0.3, -0.25) is 0 Å². The summed E-state index contributed by atoms with van der Waals surface area (Å²) in [6.07, 6.45) is -15.7. The monoisotopic (exact) mass is 587 g/mol. The Balaban J connectivity index is 1.76. The quantitative estimate of drug-likeness (QED) is 0.251. The summed E-state index contributed by atoms with van der Waals surface area (Å²) in [4.78, 5) is 11.4. The van der Waals surface area contributed by atoms with E-state index in [0.717, 1.165) is 19.2 Å². The van der Waals surface area contributed by atoms with Crippen LogP contribution in [0, 0.1) is 11.6 Å². The average Bonchev–Trinajstić information content (AvgIpc) is 3.12. The maximum Gasteiger partial charge on any atom is 0.573 e. The molecule has 0 unspecified atom stereocenters. The number of fused-ring (bicyclic) bond motifs is 1. The van der Waals surface area contributed by atoms with Crippen molar-refractivity contribution >= 4 is 22.8 Å². The number of nitrogens with one attached hydrogen (secondary N) is 1. The lowest BCUT2D eigenvalue weighted by atomic mass is 10.1. The second-order valence-electron chi connectivity index (χ2n) is 7.97. The summed E-state index contributed by atoms with van der Waals surface area (Å²) >= 11 is 0. The number of aromatic nitrogens is 4. The maximum absolute atomic E-state index is 14.2. The molecule has 0 fully saturated rings. The van der Waals surface area contributed by atoms with Crippen LogP contribution in [0.5, 0.6) is 11.5 Å². The molecular formula is C22H12F11N5O2. The van der Waals surface area contributed by atoms with Gasteiger partial charge in [-0.1, -0.05) is 6.07 Å². The number of aryl methyl sites for hydroxylation is 1. The van der Waals surface area contributed by atoms with E-state index in [9.17, 15) is 48.3 Å². The standard InChI is InChI=1S/C22H12F11N5O2/c1-38-18-17(37-19(38)20(25,26)27)36-16(34-10-3-5-15(12(24)8-10)40-22(31,32)33)13(35-18)7-9-2-4-14(11(23)6-9)39-21(28,29)30/h2-6,8H,7H2,1H3,(H,34,36). The van der Waals surface area contributed by atoms with Crippen molar-refractivity contribution in [2.24, 2.45) is 7.05 Å². The third-order valence-corrected chi connectivity index (χ3v) is 5.05. The Kier molecular flexibility index (Phi) is 7.14. The van der Waals surface area contributed by atoms with Gasteiger partial charge in [0.15, 0.2) is 40.2 Å². The molecule has 18 heteroatoms. The van der Waals surface area contributed by atoms with E-state index in [-0.39, 0.29) is 28.4 Å². The number of imidazole rings is 1. The smallest absolute Gasteiger partial charge is 0.403 e. The Morgan fingerprint density at radius 1 is 0.775 bits per heavy atom. The summed E-state index contributed by atoms with van der Waals surface area (Å²) < 4.78 is 151. The highest BCUT2D eigenvalue weighted by Crippen LogP contribution is 2.33. The second kappa shape index (κ2) is 9.98. The van der Waals surface area contributed by atoms with Crippen LogP contribution in [0.4, 0.5) is 59.8 Å². The first-order chi connectivity index (χ1) is 18.4. The van der Waals surface area contributed by atoms with Crippen LogP contribution in [0.1, 0.15) is 17.1 Å². The van der Waals surface area contributed by atoms with Gasteiger partial charge in [-0.05, 0) is 29.8 Å². The van der Waals surface area contributed by atoms with Crippen molar-refractivity contribution in [3.05, 3.63) is 65.1 Å². The molecule has 1 N–H and O–H groups in total. The van der Waals surface area contributed by atoms with Gasteiger partial charge in [-0.25, -0.2) is 23.7 Å². The van der Waals surface area contributed by atoms with Crippen molar-refractivity contribution in [2.75, 3.05) is 5.32 Å². The molecule has 0 aliphatic carbocycles. The van der Waals surface area contributed by atoms with Gasteiger partial charge >= 0.3 is 18.9 Å². The first-order valence-electron chi connectivity index (χ1n) is 10.6. The number of hydrogen-bond acceptors (Lipinski definition) is 6. The van der Waals surface area contributed by atoms with Gasteiger partial charge in [-0.2, -0.15) is 13.2 Å². The van der Waals surface area contributed by atoms with Crippen LogP contribution in [0.25, 0.3) is 11.3 Å². The van der Waals surface area contributed by atoms with Crippen LogP contribution in [-0.2, 0) is 19.6 Å². The maximum atomic E-state index is 14.2. The molecular weight excluding hydrogens is 575 g/mol. The summed E-state index contributed by atoms with van der Waals surface area (Å²) in [5.41, 5.74) is -1.38. The van der Waals surface area contributed by atoms with Gasteiger partial charge in [0, 0.05) is 25.2 Å². The lowest BCUT2D eigenvalue weighted by Gasteiger charge is -2.14. The van der Waals surface area contributed by atoms with Crippen LogP contribution in [0.3, 0.4) is 0 Å². The number of nitrogens with zero attached hydrogens (tertiary/aromatic N) is 4. The summed E-state index contributed by atoms with van der Waals surface area (Å²) in [5.74, 6) is -6.94. The van der Waals surface area contributed by atoms with Gasteiger partial charge in [-0.15, -0.1) is 26.3 Å². The fourth-order valence-electron chi connectivity index (χ4n) is 3.48. The van der Waals surface area contributed by atoms with Crippen molar-refractivity contribution in [1.29, 1.82) is 0 Å². The van der Waals surface area contributed by atoms with E-state index in [4.69, 9.17) is 0 Å². The molecule has 4 rings (SSSR count). The molecule has 4 aromatic rings. The van der Waals surface area contributed by atoms with Crippen LogP contribution in [0.15, 0.2) is 36.4 Å². The Labute approximate surface area is 215 Å². The molecule has 0 aliphatic rings. The lowest BCUT2D eigenvalue weighted by molar-refractivity contribution is -0.276.